The van der Waals surface area contributed by atoms with Gasteiger partial charge in [-0.05, 0) is 27.3 Å². The summed E-state index contributed by atoms with van der Waals surface area (Å²) in [5.41, 5.74) is 1.05. The van der Waals surface area contributed by atoms with Gasteiger partial charge in [-0.2, -0.15) is 4.98 Å². The maximum atomic E-state index is 4.77. The number of likely N-dealkylation sites (N-methyl/N-ethyl adjacent to an activating group) is 1. The number of nitrogens with zero attached hydrogens (tertiary/aromatic N) is 5. The van der Waals surface area contributed by atoms with E-state index in [1.165, 1.54) is 0 Å². The van der Waals surface area contributed by atoms with Crippen LogP contribution in [0.5, 0.6) is 0 Å². The summed E-state index contributed by atoms with van der Waals surface area (Å²) < 4.78 is 0. The lowest BCUT2D eigenvalue weighted by Gasteiger charge is -2.35. The molecule has 0 aliphatic carbocycles. The summed E-state index contributed by atoms with van der Waals surface area (Å²) >= 11 is 0. The van der Waals surface area contributed by atoms with Crippen molar-refractivity contribution in [1.82, 2.24) is 14.9 Å². The highest BCUT2D eigenvalue weighted by atomic mass is 15.3. The lowest BCUT2D eigenvalue weighted by atomic mass is 10.3. The van der Waals surface area contributed by atoms with Crippen LogP contribution in [0.4, 0.5) is 11.8 Å². The summed E-state index contributed by atoms with van der Waals surface area (Å²) in [5.74, 6) is 1.94. The third-order valence-corrected chi connectivity index (χ3v) is 4.02. The van der Waals surface area contributed by atoms with Crippen LogP contribution in [0.1, 0.15) is 26.5 Å². The highest BCUT2D eigenvalue weighted by Gasteiger charge is 2.18. The SMILES string of the molecule is CCN1CCN(c2cc(C)nc(N(CC)CC)n2)CC1. The van der Waals surface area contributed by atoms with Crippen molar-refractivity contribution in [3.63, 3.8) is 0 Å². The van der Waals surface area contributed by atoms with Crippen molar-refractivity contribution < 1.29 is 0 Å². The quantitative estimate of drug-likeness (QED) is 0.820. The summed E-state index contributed by atoms with van der Waals surface area (Å²) in [6, 6.07) is 2.11. The normalized spacial score (nSPS) is 16.5. The Hall–Kier alpha value is -1.36. The standard InChI is InChI=1S/C15H27N5/c1-5-18-8-10-20(11-9-18)14-12-13(4)16-15(17-14)19(6-2)7-3/h12H,5-11H2,1-4H3. The third kappa shape index (κ3) is 3.39. The van der Waals surface area contributed by atoms with Crippen molar-refractivity contribution in [3.05, 3.63) is 11.8 Å². The molecule has 1 aliphatic rings. The predicted octanol–water partition coefficient (Wildman–Crippen LogP) is 1.77. The second-order valence-electron chi connectivity index (χ2n) is 5.26. The van der Waals surface area contributed by atoms with Gasteiger partial charge in [-0.15, -0.1) is 0 Å². The molecule has 1 aromatic rings. The van der Waals surface area contributed by atoms with Crippen molar-refractivity contribution in [2.75, 3.05) is 55.6 Å². The first-order chi connectivity index (χ1) is 9.67. The zero-order valence-corrected chi connectivity index (χ0v) is 13.3. The van der Waals surface area contributed by atoms with E-state index < -0.39 is 0 Å². The molecule has 0 N–H and O–H groups in total. The van der Waals surface area contributed by atoms with Gasteiger partial charge in [-0.3, -0.25) is 0 Å². The van der Waals surface area contributed by atoms with Crippen LogP contribution in [0.15, 0.2) is 6.07 Å². The van der Waals surface area contributed by atoms with E-state index in [1.54, 1.807) is 0 Å². The van der Waals surface area contributed by atoms with E-state index >= 15 is 0 Å². The molecule has 1 aliphatic heterocycles. The van der Waals surface area contributed by atoms with Crippen LogP contribution in [0.2, 0.25) is 0 Å². The van der Waals surface area contributed by atoms with Gasteiger partial charge in [-0.1, -0.05) is 6.92 Å². The topological polar surface area (TPSA) is 35.5 Å². The van der Waals surface area contributed by atoms with Gasteiger partial charge in [0.25, 0.3) is 0 Å². The van der Waals surface area contributed by atoms with Gasteiger partial charge in [0.15, 0.2) is 0 Å². The number of aryl methyl sites for hydroxylation is 1. The fourth-order valence-corrected chi connectivity index (χ4v) is 2.64. The summed E-state index contributed by atoms with van der Waals surface area (Å²) in [5, 5.41) is 0. The molecule has 1 fully saturated rings. The summed E-state index contributed by atoms with van der Waals surface area (Å²) in [6.07, 6.45) is 0. The molecule has 20 heavy (non-hydrogen) atoms. The van der Waals surface area contributed by atoms with Crippen LogP contribution < -0.4 is 9.80 Å². The molecule has 2 heterocycles. The van der Waals surface area contributed by atoms with Crippen LogP contribution in [0, 0.1) is 6.92 Å². The molecule has 5 heteroatoms. The lowest BCUT2D eigenvalue weighted by Crippen LogP contribution is -2.46. The van der Waals surface area contributed by atoms with Gasteiger partial charge in [-0.25, -0.2) is 4.98 Å². The fraction of sp³-hybridized carbons (Fsp3) is 0.733. The molecule has 1 saturated heterocycles. The maximum Gasteiger partial charge on any atom is 0.227 e. The zero-order chi connectivity index (χ0) is 14.5. The van der Waals surface area contributed by atoms with E-state index in [0.29, 0.717) is 0 Å². The molecule has 0 aromatic carbocycles. The Morgan fingerprint density at radius 3 is 2.25 bits per heavy atom. The van der Waals surface area contributed by atoms with Crippen molar-refractivity contribution in [2.24, 2.45) is 0 Å². The minimum absolute atomic E-state index is 0.864. The Labute approximate surface area is 122 Å². The highest BCUT2D eigenvalue weighted by molar-refractivity contribution is 5.46. The molecule has 0 amide bonds. The molecule has 0 radical (unpaired) electrons. The zero-order valence-electron chi connectivity index (χ0n) is 13.3. The number of hydrogen-bond acceptors (Lipinski definition) is 5. The predicted molar refractivity (Wildman–Crippen MR) is 84.7 cm³/mol. The highest BCUT2D eigenvalue weighted by Crippen LogP contribution is 2.18. The summed E-state index contributed by atoms with van der Waals surface area (Å²) in [7, 11) is 0. The van der Waals surface area contributed by atoms with Crippen LogP contribution in [0.3, 0.4) is 0 Å². The largest absolute Gasteiger partial charge is 0.354 e. The molecule has 1 aromatic heterocycles. The number of rotatable bonds is 5. The van der Waals surface area contributed by atoms with Gasteiger partial charge in [0, 0.05) is 51.0 Å². The second kappa shape index (κ2) is 6.88. The van der Waals surface area contributed by atoms with Gasteiger partial charge < -0.3 is 14.7 Å². The van der Waals surface area contributed by atoms with E-state index in [0.717, 1.165) is 63.3 Å². The van der Waals surface area contributed by atoms with Crippen molar-refractivity contribution in [1.29, 1.82) is 0 Å². The minimum Gasteiger partial charge on any atom is -0.354 e. The van der Waals surface area contributed by atoms with E-state index in [1.807, 2.05) is 0 Å². The Morgan fingerprint density at radius 1 is 1.05 bits per heavy atom. The Morgan fingerprint density at radius 2 is 1.70 bits per heavy atom. The molecule has 0 bridgehead atoms. The van der Waals surface area contributed by atoms with Crippen LogP contribution in [-0.2, 0) is 0 Å². The average Bonchev–Trinajstić information content (AvgIpc) is 2.48. The average molecular weight is 277 g/mol. The molecule has 5 nitrogen and oxygen atoms in total. The number of anilines is 2. The first kappa shape index (κ1) is 15.0. The monoisotopic (exact) mass is 277 g/mol. The first-order valence-electron chi connectivity index (χ1n) is 7.75. The Kier molecular flexibility index (Phi) is 5.17. The third-order valence-electron chi connectivity index (χ3n) is 4.02. The van der Waals surface area contributed by atoms with E-state index in [9.17, 15) is 0 Å². The fourth-order valence-electron chi connectivity index (χ4n) is 2.64. The van der Waals surface area contributed by atoms with Crippen molar-refractivity contribution >= 4 is 11.8 Å². The number of aromatic nitrogens is 2. The smallest absolute Gasteiger partial charge is 0.227 e. The van der Waals surface area contributed by atoms with Gasteiger partial charge >= 0.3 is 0 Å². The van der Waals surface area contributed by atoms with Gasteiger partial charge in [0.05, 0.1) is 0 Å². The summed E-state index contributed by atoms with van der Waals surface area (Å²) in [4.78, 5) is 16.4. The molecule has 0 spiro atoms. The van der Waals surface area contributed by atoms with E-state index in [4.69, 9.17) is 4.98 Å². The number of hydrogen-bond donors (Lipinski definition) is 0. The van der Waals surface area contributed by atoms with Crippen LogP contribution in [-0.4, -0.2) is 60.7 Å². The number of piperazine rings is 1. The second-order valence-corrected chi connectivity index (χ2v) is 5.26. The summed E-state index contributed by atoms with van der Waals surface area (Å²) in [6.45, 7) is 16.0. The van der Waals surface area contributed by atoms with Crippen molar-refractivity contribution in [2.45, 2.75) is 27.7 Å². The molecule has 0 unspecified atom stereocenters. The van der Waals surface area contributed by atoms with Crippen molar-refractivity contribution in [3.8, 4) is 0 Å². The first-order valence-corrected chi connectivity index (χ1v) is 7.75. The molecule has 0 saturated carbocycles. The van der Waals surface area contributed by atoms with Crippen LogP contribution in [0.25, 0.3) is 0 Å². The van der Waals surface area contributed by atoms with Gasteiger partial charge in [0.2, 0.25) is 5.95 Å². The molecular weight excluding hydrogens is 250 g/mol. The molecule has 2 rings (SSSR count). The lowest BCUT2D eigenvalue weighted by molar-refractivity contribution is 0.270. The molecule has 112 valence electrons. The Bertz CT molecular complexity index is 422. The van der Waals surface area contributed by atoms with Gasteiger partial charge in [0.1, 0.15) is 5.82 Å². The Balaban J connectivity index is 2.16. The maximum absolute atomic E-state index is 4.77. The van der Waals surface area contributed by atoms with Crippen LogP contribution >= 0.6 is 0 Å². The molecule has 0 atom stereocenters. The van der Waals surface area contributed by atoms with E-state index in [-0.39, 0.29) is 0 Å². The van der Waals surface area contributed by atoms with E-state index in [2.05, 4.69) is 53.4 Å². The minimum atomic E-state index is 0.864. The molecular formula is C15H27N5.